The summed E-state index contributed by atoms with van der Waals surface area (Å²) in [6, 6.07) is 21.2. The van der Waals surface area contributed by atoms with E-state index in [2.05, 4.69) is 10.6 Å². The van der Waals surface area contributed by atoms with Crippen molar-refractivity contribution in [3.63, 3.8) is 0 Å². The molecular formula is C27H28N2O5. The van der Waals surface area contributed by atoms with Crippen molar-refractivity contribution in [2.24, 2.45) is 0 Å². The number of esters is 1. The van der Waals surface area contributed by atoms with E-state index < -0.39 is 30.4 Å². The standard InChI is InChI=1S/C27H28N2O5/c1-4-33-23-13-9-8-12-21(23)26(31)28-17-24(30)34-25(20-10-6-5-7-11-20)27(32)29-22-16-18(2)14-15-19(22)3/h5-16,25H,4,17H2,1-3H3,(H,28,31)(H,29,32). The quantitative estimate of drug-likeness (QED) is 0.463. The van der Waals surface area contributed by atoms with Gasteiger partial charge in [-0.25, -0.2) is 0 Å². The number of amides is 2. The Kier molecular flexibility index (Phi) is 8.40. The third-order valence-electron chi connectivity index (χ3n) is 5.07. The summed E-state index contributed by atoms with van der Waals surface area (Å²) >= 11 is 0. The average molecular weight is 461 g/mol. The van der Waals surface area contributed by atoms with Crippen LogP contribution in [0.1, 0.15) is 40.1 Å². The Balaban J connectivity index is 1.70. The first-order valence-corrected chi connectivity index (χ1v) is 11.0. The minimum Gasteiger partial charge on any atom is -0.493 e. The molecule has 3 aromatic rings. The topological polar surface area (TPSA) is 93.7 Å². The molecule has 0 aromatic heterocycles. The van der Waals surface area contributed by atoms with E-state index in [1.807, 2.05) is 39.0 Å². The van der Waals surface area contributed by atoms with E-state index >= 15 is 0 Å². The molecule has 0 fully saturated rings. The number of carbonyl (C=O) groups excluding carboxylic acids is 3. The summed E-state index contributed by atoms with van der Waals surface area (Å²) in [5.41, 5.74) is 3.35. The second-order valence-electron chi connectivity index (χ2n) is 7.70. The van der Waals surface area contributed by atoms with Gasteiger partial charge in [-0.05, 0) is 50.1 Å². The number of anilines is 1. The monoisotopic (exact) mass is 460 g/mol. The van der Waals surface area contributed by atoms with Crippen LogP contribution >= 0.6 is 0 Å². The molecule has 0 aliphatic heterocycles. The zero-order valence-electron chi connectivity index (χ0n) is 19.5. The third-order valence-corrected chi connectivity index (χ3v) is 5.07. The van der Waals surface area contributed by atoms with Crippen LogP contribution in [0.4, 0.5) is 5.69 Å². The van der Waals surface area contributed by atoms with Crippen LogP contribution in [-0.4, -0.2) is 30.9 Å². The normalized spacial score (nSPS) is 11.3. The molecule has 0 heterocycles. The zero-order chi connectivity index (χ0) is 24.5. The van der Waals surface area contributed by atoms with Gasteiger partial charge in [0.05, 0.1) is 12.2 Å². The molecule has 0 bridgehead atoms. The van der Waals surface area contributed by atoms with Crippen molar-refractivity contribution >= 4 is 23.5 Å². The van der Waals surface area contributed by atoms with E-state index in [9.17, 15) is 14.4 Å². The Bertz CT molecular complexity index is 1160. The van der Waals surface area contributed by atoms with Crippen LogP contribution in [-0.2, 0) is 14.3 Å². The lowest BCUT2D eigenvalue weighted by atomic mass is 10.1. The van der Waals surface area contributed by atoms with Crippen molar-refractivity contribution < 1.29 is 23.9 Å². The molecule has 3 rings (SSSR count). The number of para-hydroxylation sites is 1. The Hall–Kier alpha value is -4.13. The smallest absolute Gasteiger partial charge is 0.326 e. The van der Waals surface area contributed by atoms with Gasteiger partial charge in [0.25, 0.3) is 11.8 Å². The summed E-state index contributed by atoms with van der Waals surface area (Å²) in [5.74, 6) is -1.28. The molecule has 7 nitrogen and oxygen atoms in total. The van der Waals surface area contributed by atoms with Crippen molar-refractivity contribution in [3.8, 4) is 5.75 Å². The highest BCUT2D eigenvalue weighted by Crippen LogP contribution is 2.23. The zero-order valence-corrected chi connectivity index (χ0v) is 19.5. The maximum atomic E-state index is 13.1. The second kappa shape index (κ2) is 11.7. The molecule has 0 saturated heterocycles. The van der Waals surface area contributed by atoms with Crippen molar-refractivity contribution in [1.82, 2.24) is 5.32 Å². The summed E-state index contributed by atoms with van der Waals surface area (Å²) in [5, 5.41) is 5.38. The molecule has 7 heteroatoms. The molecule has 0 spiro atoms. The minimum atomic E-state index is -1.18. The second-order valence-corrected chi connectivity index (χ2v) is 7.70. The maximum absolute atomic E-state index is 13.1. The summed E-state index contributed by atoms with van der Waals surface area (Å²) < 4.78 is 11.0. The fourth-order valence-electron chi connectivity index (χ4n) is 3.33. The first kappa shape index (κ1) is 24.5. The van der Waals surface area contributed by atoms with E-state index in [1.54, 1.807) is 54.6 Å². The van der Waals surface area contributed by atoms with E-state index in [4.69, 9.17) is 9.47 Å². The number of nitrogens with one attached hydrogen (secondary N) is 2. The van der Waals surface area contributed by atoms with Gasteiger partial charge in [0.2, 0.25) is 6.10 Å². The lowest BCUT2D eigenvalue weighted by Gasteiger charge is -2.19. The SMILES string of the molecule is CCOc1ccccc1C(=O)NCC(=O)OC(C(=O)Nc1cc(C)ccc1C)c1ccccc1. The van der Waals surface area contributed by atoms with Crippen LogP contribution in [0.25, 0.3) is 0 Å². The predicted molar refractivity (Wildman–Crippen MR) is 130 cm³/mol. The summed E-state index contributed by atoms with van der Waals surface area (Å²) in [4.78, 5) is 38.3. The number of benzene rings is 3. The van der Waals surface area contributed by atoms with Gasteiger partial charge < -0.3 is 20.1 Å². The highest BCUT2D eigenvalue weighted by molar-refractivity contribution is 5.99. The first-order chi connectivity index (χ1) is 16.4. The molecule has 34 heavy (non-hydrogen) atoms. The van der Waals surface area contributed by atoms with Crippen molar-refractivity contribution in [3.05, 3.63) is 95.1 Å². The Morgan fingerprint density at radius 3 is 2.35 bits per heavy atom. The number of hydrogen-bond acceptors (Lipinski definition) is 5. The summed E-state index contributed by atoms with van der Waals surface area (Å²) in [6.45, 7) is 5.63. The van der Waals surface area contributed by atoms with Gasteiger partial charge in [-0.1, -0.05) is 54.6 Å². The molecule has 3 aromatic carbocycles. The molecule has 0 saturated carbocycles. The van der Waals surface area contributed by atoms with Crippen LogP contribution in [0.3, 0.4) is 0 Å². The van der Waals surface area contributed by atoms with Crippen LogP contribution in [0, 0.1) is 13.8 Å². The molecule has 0 aliphatic carbocycles. The highest BCUT2D eigenvalue weighted by Gasteiger charge is 2.26. The Labute approximate surface area is 199 Å². The number of aryl methyl sites for hydroxylation is 2. The van der Waals surface area contributed by atoms with Crippen LogP contribution in [0.5, 0.6) is 5.75 Å². The van der Waals surface area contributed by atoms with Crippen molar-refractivity contribution in [2.45, 2.75) is 26.9 Å². The summed E-state index contributed by atoms with van der Waals surface area (Å²) in [7, 11) is 0. The van der Waals surface area contributed by atoms with E-state index in [0.29, 0.717) is 29.2 Å². The molecule has 2 N–H and O–H groups in total. The van der Waals surface area contributed by atoms with Crippen LogP contribution < -0.4 is 15.4 Å². The van der Waals surface area contributed by atoms with E-state index in [0.717, 1.165) is 11.1 Å². The fourth-order valence-corrected chi connectivity index (χ4v) is 3.33. The molecule has 176 valence electrons. The molecule has 0 aliphatic rings. The van der Waals surface area contributed by atoms with Crippen molar-refractivity contribution in [2.75, 3.05) is 18.5 Å². The molecule has 2 amide bonds. The maximum Gasteiger partial charge on any atom is 0.326 e. The molecular weight excluding hydrogens is 432 g/mol. The lowest BCUT2D eigenvalue weighted by molar-refractivity contribution is -0.153. The van der Waals surface area contributed by atoms with E-state index in [-0.39, 0.29) is 0 Å². The summed E-state index contributed by atoms with van der Waals surface area (Å²) in [6.07, 6.45) is -1.18. The van der Waals surface area contributed by atoms with Gasteiger partial charge in [0.15, 0.2) is 0 Å². The molecule has 1 unspecified atom stereocenters. The first-order valence-electron chi connectivity index (χ1n) is 11.0. The van der Waals surface area contributed by atoms with Crippen molar-refractivity contribution in [1.29, 1.82) is 0 Å². The highest BCUT2D eigenvalue weighted by atomic mass is 16.5. The largest absolute Gasteiger partial charge is 0.493 e. The van der Waals surface area contributed by atoms with Gasteiger partial charge in [-0.15, -0.1) is 0 Å². The van der Waals surface area contributed by atoms with E-state index in [1.165, 1.54) is 0 Å². The lowest BCUT2D eigenvalue weighted by Crippen LogP contribution is -2.34. The number of rotatable bonds is 9. The minimum absolute atomic E-state index is 0.310. The fraction of sp³-hybridized carbons (Fsp3) is 0.222. The predicted octanol–water partition coefficient (Wildman–Crippen LogP) is 4.36. The van der Waals surface area contributed by atoms with Gasteiger partial charge in [0.1, 0.15) is 12.3 Å². The van der Waals surface area contributed by atoms with Gasteiger partial charge in [-0.2, -0.15) is 0 Å². The molecule has 1 atom stereocenters. The van der Waals surface area contributed by atoms with Crippen LogP contribution in [0.15, 0.2) is 72.8 Å². The average Bonchev–Trinajstić information content (AvgIpc) is 2.84. The van der Waals surface area contributed by atoms with Crippen LogP contribution in [0.2, 0.25) is 0 Å². The Morgan fingerprint density at radius 2 is 1.62 bits per heavy atom. The Morgan fingerprint density at radius 1 is 0.912 bits per heavy atom. The number of carbonyl (C=O) groups is 3. The number of ether oxygens (including phenoxy) is 2. The van der Waals surface area contributed by atoms with Gasteiger partial charge in [0, 0.05) is 11.3 Å². The van der Waals surface area contributed by atoms with Gasteiger partial charge >= 0.3 is 5.97 Å². The third kappa shape index (κ3) is 6.45. The molecule has 0 radical (unpaired) electrons. The number of hydrogen-bond donors (Lipinski definition) is 2. The van der Waals surface area contributed by atoms with Gasteiger partial charge in [-0.3, -0.25) is 14.4 Å².